The Hall–Kier alpha value is -0.700. The highest BCUT2D eigenvalue weighted by Crippen LogP contribution is 2.45. The van der Waals surface area contributed by atoms with Crippen LogP contribution in [0.5, 0.6) is 0 Å². The summed E-state index contributed by atoms with van der Waals surface area (Å²) in [6.07, 6.45) is 2.11. The molecule has 10 nitrogen and oxygen atoms in total. The molecule has 0 radical (unpaired) electrons. The van der Waals surface area contributed by atoms with E-state index in [1.54, 1.807) is 0 Å². The lowest BCUT2D eigenvalue weighted by Gasteiger charge is -2.20. The topological polar surface area (TPSA) is 141 Å². The molecule has 0 saturated heterocycles. The molecule has 2 atom stereocenters. The van der Waals surface area contributed by atoms with Gasteiger partial charge in [0.25, 0.3) is 0 Å². The minimum absolute atomic E-state index is 0.0668. The molecule has 0 aromatic carbocycles. The van der Waals surface area contributed by atoms with E-state index in [-0.39, 0.29) is 13.2 Å². The third kappa shape index (κ3) is 14.6. The second-order valence-corrected chi connectivity index (χ2v) is 6.71. The summed E-state index contributed by atoms with van der Waals surface area (Å²) in [5.74, 6) is 0. The predicted molar refractivity (Wildman–Crippen MR) is 80.2 cm³/mol. The predicted octanol–water partition coefficient (Wildman–Crippen LogP) is 1.70. The van der Waals surface area contributed by atoms with Crippen LogP contribution in [-0.4, -0.2) is 47.2 Å². The van der Waals surface area contributed by atoms with Gasteiger partial charge in [0.05, 0.1) is 32.3 Å². The number of ether oxygens (including phenoxy) is 2. The van der Waals surface area contributed by atoms with Gasteiger partial charge in [0.15, 0.2) is 0 Å². The van der Waals surface area contributed by atoms with Crippen molar-refractivity contribution in [3.05, 3.63) is 25.7 Å². The zero-order valence-corrected chi connectivity index (χ0v) is 14.3. The summed E-state index contributed by atoms with van der Waals surface area (Å²) in [7, 11) is -9.18. The van der Waals surface area contributed by atoms with Gasteiger partial charge in [0, 0.05) is 0 Å². The molecule has 0 aliphatic heterocycles. The minimum Gasteiger partial charge on any atom is -0.502 e. The first-order valence-electron chi connectivity index (χ1n) is 6.51. The van der Waals surface area contributed by atoms with Crippen molar-refractivity contribution in [2.24, 2.45) is 0 Å². The number of unbranched alkanes of at least 4 members (excludes halogenated alkanes) is 1. The highest BCUT2D eigenvalue weighted by Gasteiger charge is 2.29. The summed E-state index contributed by atoms with van der Waals surface area (Å²) in [4.78, 5) is 26.8. The van der Waals surface area contributed by atoms with E-state index < -0.39 is 28.4 Å². The normalized spacial score (nSPS) is 15.4. The van der Waals surface area contributed by atoms with Gasteiger partial charge in [-0.25, -0.2) is 9.13 Å². The van der Waals surface area contributed by atoms with Crippen LogP contribution in [0, 0.1) is 0 Å². The molecular weight excluding hydrogens is 354 g/mol. The van der Waals surface area contributed by atoms with E-state index in [1.807, 2.05) is 0 Å². The number of hydrogen-bond donors (Lipinski definition) is 3. The van der Waals surface area contributed by atoms with Crippen molar-refractivity contribution >= 4 is 15.6 Å². The zero-order chi connectivity index (χ0) is 17.8. The molecule has 23 heavy (non-hydrogen) atoms. The summed E-state index contributed by atoms with van der Waals surface area (Å²) in [6, 6.07) is 0. The van der Waals surface area contributed by atoms with E-state index in [4.69, 9.17) is 28.3 Å². The second kappa shape index (κ2) is 11.8. The Morgan fingerprint density at radius 2 is 1.52 bits per heavy atom. The van der Waals surface area contributed by atoms with E-state index >= 15 is 0 Å². The lowest BCUT2D eigenvalue weighted by Crippen LogP contribution is -2.24. The summed E-state index contributed by atoms with van der Waals surface area (Å²) >= 11 is 0. The molecule has 0 saturated carbocycles. The summed E-state index contributed by atoms with van der Waals surface area (Å²) in [6.45, 7) is 6.00. The maximum absolute atomic E-state index is 11.7. The average molecular weight is 376 g/mol. The largest absolute Gasteiger partial charge is 0.502 e. The molecule has 0 heterocycles. The van der Waals surface area contributed by atoms with Gasteiger partial charge >= 0.3 is 15.6 Å². The van der Waals surface area contributed by atoms with Crippen molar-refractivity contribution < 1.29 is 46.9 Å². The van der Waals surface area contributed by atoms with Gasteiger partial charge in [-0.15, -0.1) is 0 Å². The molecule has 12 heteroatoms. The monoisotopic (exact) mass is 376 g/mol. The lowest BCUT2D eigenvalue weighted by molar-refractivity contribution is 0.0229. The van der Waals surface area contributed by atoms with Crippen molar-refractivity contribution in [3.63, 3.8) is 0 Å². The van der Waals surface area contributed by atoms with Gasteiger partial charge in [-0.1, -0.05) is 13.2 Å². The Labute approximate surface area is 134 Å². The molecule has 0 amide bonds. The van der Waals surface area contributed by atoms with Crippen molar-refractivity contribution in [2.45, 2.75) is 18.9 Å². The van der Waals surface area contributed by atoms with Gasteiger partial charge in [0.1, 0.15) is 12.7 Å². The van der Waals surface area contributed by atoms with Crippen LogP contribution in [0.1, 0.15) is 12.8 Å². The minimum atomic E-state index is -4.75. The molecule has 2 unspecified atom stereocenters. The maximum atomic E-state index is 11.7. The van der Waals surface area contributed by atoms with Crippen LogP contribution >= 0.6 is 15.6 Å². The SMILES string of the molecule is C=COCCCCOP(=O)(O)OC(COC=C)COP(=O)(O)O. The first-order chi connectivity index (χ1) is 10.7. The van der Waals surface area contributed by atoms with Crippen molar-refractivity contribution in [3.8, 4) is 0 Å². The first kappa shape index (κ1) is 22.3. The molecule has 136 valence electrons. The van der Waals surface area contributed by atoms with Crippen LogP contribution in [0.25, 0.3) is 0 Å². The van der Waals surface area contributed by atoms with Crippen LogP contribution in [0.15, 0.2) is 25.7 Å². The van der Waals surface area contributed by atoms with Gasteiger partial charge in [-0.2, -0.15) is 0 Å². The Bertz CT molecular complexity index is 435. The quantitative estimate of drug-likeness (QED) is 0.220. The fraction of sp³-hybridized carbons (Fsp3) is 0.636. The molecule has 0 fully saturated rings. The second-order valence-electron chi connectivity index (χ2n) is 4.06. The lowest BCUT2D eigenvalue weighted by atomic mass is 10.3. The highest BCUT2D eigenvalue weighted by molar-refractivity contribution is 7.47. The molecular formula is C11H22O10P2. The Balaban J connectivity index is 4.27. The summed E-state index contributed by atoms with van der Waals surface area (Å²) in [5.41, 5.74) is 0. The molecule has 0 aromatic rings. The van der Waals surface area contributed by atoms with Gasteiger partial charge in [0.2, 0.25) is 0 Å². The fourth-order valence-corrected chi connectivity index (χ4v) is 2.51. The maximum Gasteiger partial charge on any atom is 0.472 e. The zero-order valence-electron chi connectivity index (χ0n) is 12.5. The smallest absolute Gasteiger partial charge is 0.472 e. The number of hydrogen-bond acceptors (Lipinski definition) is 7. The van der Waals surface area contributed by atoms with E-state index in [0.717, 1.165) is 6.26 Å². The van der Waals surface area contributed by atoms with E-state index in [1.165, 1.54) is 6.26 Å². The Morgan fingerprint density at radius 1 is 0.913 bits per heavy atom. The Kier molecular flexibility index (Phi) is 11.4. The van der Waals surface area contributed by atoms with E-state index in [2.05, 4.69) is 17.7 Å². The van der Waals surface area contributed by atoms with Gasteiger partial charge in [-0.3, -0.25) is 13.6 Å². The molecule has 0 rings (SSSR count). The number of phosphoric acid groups is 2. The van der Waals surface area contributed by atoms with E-state index in [0.29, 0.717) is 19.4 Å². The summed E-state index contributed by atoms with van der Waals surface area (Å²) in [5, 5.41) is 0. The number of phosphoric ester groups is 2. The number of rotatable bonds is 15. The molecule has 0 aliphatic carbocycles. The van der Waals surface area contributed by atoms with Crippen LogP contribution in [0.4, 0.5) is 0 Å². The standard InChI is InChI=1S/C11H22O10P2/c1-3-17-7-5-6-8-19-23(15,16)21-11(9-18-4-2)10-20-22(12,13)14/h3-4,11H,1-2,5-10H2,(H,15,16)(H2,12,13,14). The molecule has 0 bridgehead atoms. The van der Waals surface area contributed by atoms with Crippen LogP contribution in [0.3, 0.4) is 0 Å². The third-order valence-electron chi connectivity index (χ3n) is 2.14. The van der Waals surface area contributed by atoms with Gasteiger partial charge in [-0.05, 0) is 12.8 Å². The molecule has 0 aliphatic rings. The van der Waals surface area contributed by atoms with E-state index in [9.17, 15) is 14.0 Å². The molecule has 0 aromatic heterocycles. The van der Waals surface area contributed by atoms with Crippen molar-refractivity contribution in [1.82, 2.24) is 0 Å². The highest BCUT2D eigenvalue weighted by atomic mass is 31.2. The molecule has 0 spiro atoms. The van der Waals surface area contributed by atoms with Crippen molar-refractivity contribution in [1.29, 1.82) is 0 Å². The van der Waals surface area contributed by atoms with Crippen LogP contribution in [0.2, 0.25) is 0 Å². The fourth-order valence-electron chi connectivity index (χ4n) is 1.23. The van der Waals surface area contributed by atoms with Crippen LogP contribution in [-0.2, 0) is 32.2 Å². The third-order valence-corrected chi connectivity index (χ3v) is 3.70. The first-order valence-corrected chi connectivity index (χ1v) is 9.53. The van der Waals surface area contributed by atoms with Crippen LogP contribution < -0.4 is 0 Å². The summed E-state index contributed by atoms with van der Waals surface area (Å²) < 4.78 is 45.7. The van der Waals surface area contributed by atoms with Crippen molar-refractivity contribution in [2.75, 3.05) is 26.4 Å². The Morgan fingerprint density at radius 3 is 2.09 bits per heavy atom. The van der Waals surface area contributed by atoms with Gasteiger partial charge < -0.3 is 24.2 Å². The average Bonchev–Trinajstić information content (AvgIpc) is 2.44. The molecule has 3 N–H and O–H groups in total.